The topological polar surface area (TPSA) is 84.2 Å². The van der Waals surface area contributed by atoms with Crippen LogP contribution in [0.25, 0.3) is 5.69 Å². The first-order valence-electron chi connectivity index (χ1n) is 7.64. The van der Waals surface area contributed by atoms with Gasteiger partial charge in [-0.15, -0.1) is 0 Å². The van der Waals surface area contributed by atoms with Gasteiger partial charge in [-0.3, -0.25) is 14.2 Å². The monoisotopic (exact) mass is 421 g/mol. The number of amides is 1. The van der Waals surface area contributed by atoms with Gasteiger partial charge in [0.05, 0.1) is 15.7 Å². The number of thioether (sulfide) groups is 1. The molecule has 0 fully saturated rings. The molecule has 0 bridgehead atoms. The van der Waals surface area contributed by atoms with Crippen molar-refractivity contribution < 1.29 is 9.90 Å². The minimum atomic E-state index is -0.805. The van der Waals surface area contributed by atoms with Crippen molar-refractivity contribution in [1.29, 1.82) is 0 Å². The maximum atomic E-state index is 13.0. The van der Waals surface area contributed by atoms with Crippen LogP contribution in [0.1, 0.15) is 10.4 Å². The third kappa shape index (κ3) is 3.95. The number of para-hydroxylation sites is 1. The van der Waals surface area contributed by atoms with Crippen LogP contribution in [-0.2, 0) is 0 Å². The van der Waals surface area contributed by atoms with Crippen molar-refractivity contribution in [3.8, 4) is 11.6 Å². The molecule has 0 unspecified atom stereocenters. The summed E-state index contributed by atoms with van der Waals surface area (Å²) in [5.41, 5.74) is -0.297. The highest BCUT2D eigenvalue weighted by Crippen LogP contribution is 2.26. The summed E-state index contributed by atoms with van der Waals surface area (Å²) in [5.74, 6) is -1.45. The van der Waals surface area contributed by atoms with Gasteiger partial charge < -0.3 is 10.4 Å². The third-order valence-electron chi connectivity index (χ3n) is 3.63. The number of nitrogens with zero attached hydrogens (tertiary/aromatic N) is 2. The number of nitrogens with one attached hydrogen (secondary N) is 1. The fourth-order valence-corrected chi connectivity index (χ4v) is 3.25. The van der Waals surface area contributed by atoms with E-state index in [0.29, 0.717) is 16.4 Å². The molecule has 1 amide bonds. The molecule has 138 valence electrons. The van der Waals surface area contributed by atoms with Crippen molar-refractivity contribution in [2.24, 2.45) is 0 Å². The first-order chi connectivity index (χ1) is 12.9. The second-order valence-electron chi connectivity index (χ2n) is 5.36. The summed E-state index contributed by atoms with van der Waals surface area (Å²) >= 11 is 13.0. The zero-order valence-corrected chi connectivity index (χ0v) is 16.3. The fraction of sp³-hybridized carbons (Fsp3) is 0.0556. The van der Waals surface area contributed by atoms with Crippen molar-refractivity contribution in [2.45, 2.75) is 5.16 Å². The van der Waals surface area contributed by atoms with Crippen molar-refractivity contribution in [3.63, 3.8) is 0 Å². The number of hydrogen-bond acceptors (Lipinski definition) is 5. The molecule has 0 aliphatic carbocycles. The Labute approximate surface area is 168 Å². The lowest BCUT2D eigenvalue weighted by Gasteiger charge is -2.13. The maximum absolute atomic E-state index is 13.0. The summed E-state index contributed by atoms with van der Waals surface area (Å²) in [6.07, 6.45) is 1.72. The van der Waals surface area contributed by atoms with Gasteiger partial charge in [-0.1, -0.05) is 53.2 Å². The van der Waals surface area contributed by atoms with E-state index in [0.717, 1.165) is 0 Å². The lowest BCUT2D eigenvalue weighted by atomic mass is 10.2. The van der Waals surface area contributed by atoms with Crippen LogP contribution in [0.15, 0.2) is 58.5 Å². The van der Waals surface area contributed by atoms with E-state index in [2.05, 4.69) is 10.3 Å². The maximum Gasteiger partial charge on any atom is 0.275 e. The van der Waals surface area contributed by atoms with E-state index in [-0.39, 0.29) is 10.2 Å². The summed E-state index contributed by atoms with van der Waals surface area (Å²) in [7, 11) is 0. The predicted octanol–water partition coefficient (Wildman–Crippen LogP) is 4.22. The number of carbonyl (C=O) groups is 1. The van der Waals surface area contributed by atoms with E-state index in [9.17, 15) is 14.7 Å². The largest absolute Gasteiger partial charge is 0.492 e. The van der Waals surface area contributed by atoms with Crippen LogP contribution in [-0.4, -0.2) is 26.8 Å². The van der Waals surface area contributed by atoms with Crippen molar-refractivity contribution in [3.05, 3.63) is 74.5 Å². The molecule has 0 saturated heterocycles. The van der Waals surface area contributed by atoms with E-state index in [4.69, 9.17) is 23.2 Å². The van der Waals surface area contributed by atoms with Crippen LogP contribution in [0.3, 0.4) is 0 Å². The average Bonchev–Trinajstić information content (AvgIpc) is 2.65. The molecule has 1 aromatic heterocycles. The number of carbonyl (C=O) groups excluding carboxylic acids is 1. The number of aromatic nitrogens is 2. The Hall–Kier alpha value is -2.48. The van der Waals surface area contributed by atoms with Crippen LogP contribution < -0.4 is 10.9 Å². The van der Waals surface area contributed by atoms with Crippen LogP contribution in [0.4, 0.5) is 5.69 Å². The summed E-state index contributed by atoms with van der Waals surface area (Å²) < 4.78 is 1.27. The Balaban J connectivity index is 2.08. The van der Waals surface area contributed by atoms with Gasteiger partial charge in [0.15, 0.2) is 10.7 Å². The zero-order valence-electron chi connectivity index (χ0n) is 13.9. The van der Waals surface area contributed by atoms with Gasteiger partial charge in [0.2, 0.25) is 5.88 Å². The number of anilines is 1. The molecule has 1 heterocycles. The van der Waals surface area contributed by atoms with Gasteiger partial charge in [-0.2, -0.15) is 4.98 Å². The predicted molar refractivity (Wildman–Crippen MR) is 108 cm³/mol. The molecule has 0 atom stereocenters. The molecule has 0 radical (unpaired) electrons. The second-order valence-corrected chi connectivity index (χ2v) is 6.94. The van der Waals surface area contributed by atoms with E-state index in [1.807, 2.05) is 0 Å². The van der Waals surface area contributed by atoms with Crippen molar-refractivity contribution >= 4 is 46.6 Å². The zero-order chi connectivity index (χ0) is 19.6. The highest BCUT2D eigenvalue weighted by molar-refractivity contribution is 7.98. The molecule has 0 spiro atoms. The first kappa shape index (κ1) is 19.3. The van der Waals surface area contributed by atoms with Gasteiger partial charge in [-0.25, -0.2) is 0 Å². The molecule has 27 heavy (non-hydrogen) atoms. The van der Waals surface area contributed by atoms with E-state index < -0.39 is 22.9 Å². The van der Waals surface area contributed by atoms with Gasteiger partial charge in [0, 0.05) is 5.69 Å². The van der Waals surface area contributed by atoms with Gasteiger partial charge in [0.1, 0.15) is 0 Å². The van der Waals surface area contributed by atoms with Crippen LogP contribution in [0.2, 0.25) is 10.0 Å². The molecule has 3 rings (SSSR count). The molecular formula is C18H13Cl2N3O3S. The van der Waals surface area contributed by atoms with Crippen molar-refractivity contribution in [1.82, 2.24) is 9.55 Å². The minimum absolute atomic E-state index is 0.247. The second kappa shape index (κ2) is 8.04. The van der Waals surface area contributed by atoms with E-state index in [1.54, 1.807) is 36.6 Å². The summed E-state index contributed by atoms with van der Waals surface area (Å²) in [6, 6.07) is 13.2. The Morgan fingerprint density at radius 2 is 1.85 bits per heavy atom. The summed E-state index contributed by atoms with van der Waals surface area (Å²) in [5, 5.41) is 13.5. The molecule has 0 saturated carbocycles. The Morgan fingerprint density at radius 3 is 2.48 bits per heavy atom. The lowest BCUT2D eigenvalue weighted by molar-refractivity contribution is 0.102. The smallest absolute Gasteiger partial charge is 0.275 e. The minimum Gasteiger partial charge on any atom is -0.492 e. The van der Waals surface area contributed by atoms with Crippen LogP contribution in [0, 0.1) is 0 Å². The Morgan fingerprint density at radius 1 is 1.15 bits per heavy atom. The third-order valence-corrected chi connectivity index (χ3v) is 5.01. The number of halogens is 2. The molecule has 2 aromatic carbocycles. The molecule has 3 aromatic rings. The van der Waals surface area contributed by atoms with Gasteiger partial charge in [0.25, 0.3) is 11.5 Å². The highest BCUT2D eigenvalue weighted by atomic mass is 35.5. The molecule has 2 N–H and O–H groups in total. The molecule has 0 aliphatic heterocycles. The number of benzene rings is 2. The molecular weight excluding hydrogens is 409 g/mol. The number of hydrogen-bond donors (Lipinski definition) is 2. The summed E-state index contributed by atoms with van der Waals surface area (Å²) in [4.78, 5) is 29.6. The molecule has 9 heteroatoms. The quantitative estimate of drug-likeness (QED) is 0.486. The standard InChI is InChI=1S/C18H13Cl2N3O3S/c1-27-18-22-16(25)14(17(26)23(18)11-5-3-2-4-6-11)15(24)21-10-7-8-12(19)13(20)9-10/h2-9,25H,1H3,(H,21,24). The first-order valence-corrected chi connectivity index (χ1v) is 9.62. The van der Waals surface area contributed by atoms with Crippen molar-refractivity contribution in [2.75, 3.05) is 11.6 Å². The average molecular weight is 422 g/mol. The summed E-state index contributed by atoms with van der Waals surface area (Å²) in [6.45, 7) is 0. The number of rotatable bonds is 4. The van der Waals surface area contributed by atoms with Crippen LogP contribution >= 0.6 is 35.0 Å². The van der Waals surface area contributed by atoms with Crippen LogP contribution in [0.5, 0.6) is 5.88 Å². The van der Waals surface area contributed by atoms with E-state index >= 15 is 0 Å². The normalized spacial score (nSPS) is 10.6. The fourth-order valence-electron chi connectivity index (χ4n) is 2.40. The number of aromatic hydroxyl groups is 1. The molecule has 6 nitrogen and oxygen atoms in total. The molecule has 0 aliphatic rings. The Bertz CT molecular complexity index is 1070. The van der Waals surface area contributed by atoms with Gasteiger partial charge >= 0.3 is 0 Å². The SMILES string of the molecule is CSc1nc(O)c(C(=O)Nc2ccc(Cl)c(Cl)c2)c(=O)n1-c1ccccc1. The van der Waals surface area contributed by atoms with Gasteiger partial charge in [-0.05, 0) is 36.6 Å². The lowest BCUT2D eigenvalue weighted by Crippen LogP contribution is -2.30. The highest BCUT2D eigenvalue weighted by Gasteiger charge is 2.23. The van der Waals surface area contributed by atoms with E-state index in [1.165, 1.54) is 34.5 Å². The Kier molecular flexibility index (Phi) is 5.74.